The lowest BCUT2D eigenvalue weighted by molar-refractivity contribution is -0.151. The second-order valence-corrected chi connectivity index (χ2v) is 4.27. The zero-order valence-corrected chi connectivity index (χ0v) is 7.75. The Hall–Kier alpha value is -0.530. The fourth-order valence-electron chi connectivity index (χ4n) is 2.92. The van der Waals surface area contributed by atoms with Crippen LogP contribution in [0.1, 0.15) is 33.1 Å². The summed E-state index contributed by atoms with van der Waals surface area (Å²) in [6.45, 7) is 3.73. The maximum absolute atomic E-state index is 10.8. The SMILES string of the molecule is CC(=O)O[C@@H]1[C@@H]2CC[C@@H](C2)[C@@H]1C. The Kier molecular flexibility index (Phi) is 1.85. The van der Waals surface area contributed by atoms with Gasteiger partial charge >= 0.3 is 5.97 Å². The molecule has 0 N–H and O–H groups in total. The summed E-state index contributed by atoms with van der Waals surface area (Å²) >= 11 is 0. The highest BCUT2D eigenvalue weighted by Crippen LogP contribution is 2.49. The van der Waals surface area contributed by atoms with Gasteiger partial charge in [0.2, 0.25) is 0 Å². The number of carbonyl (C=O) groups excluding carboxylic acids is 1. The monoisotopic (exact) mass is 168 g/mol. The molecule has 12 heavy (non-hydrogen) atoms. The van der Waals surface area contributed by atoms with Crippen molar-refractivity contribution in [3.05, 3.63) is 0 Å². The fourth-order valence-corrected chi connectivity index (χ4v) is 2.92. The van der Waals surface area contributed by atoms with Crippen molar-refractivity contribution in [2.24, 2.45) is 17.8 Å². The first-order chi connectivity index (χ1) is 5.68. The van der Waals surface area contributed by atoms with Crippen LogP contribution in [0.15, 0.2) is 0 Å². The highest BCUT2D eigenvalue weighted by Gasteiger charge is 2.46. The summed E-state index contributed by atoms with van der Waals surface area (Å²) < 4.78 is 5.32. The summed E-state index contributed by atoms with van der Waals surface area (Å²) in [4.78, 5) is 10.8. The number of carbonyl (C=O) groups is 1. The van der Waals surface area contributed by atoms with Crippen LogP contribution in [0.2, 0.25) is 0 Å². The summed E-state index contributed by atoms with van der Waals surface area (Å²) in [7, 11) is 0. The molecular weight excluding hydrogens is 152 g/mol. The van der Waals surface area contributed by atoms with Gasteiger partial charge in [0.1, 0.15) is 6.10 Å². The average molecular weight is 168 g/mol. The first-order valence-corrected chi connectivity index (χ1v) is 4.85. The minimum absolute atomic E-state index is 0.112. The Morgan fingerprint density at radius 2 is 2.00 bits per heavy atom. The quantitative estimate of drug-likeness (QED) is 0.560. The molecule has 0 aliphatic heterocycles. The second kappa shape index (κ2) is 2.75. The topological polar surface area (TPSA) is 26.3 Å². The molecular formula is C10H16O2. The molecule has 0 aromatic heterocycles. The van der Waals surface area contributed by atoms with Crippen LogP contribution in [0.5, 0.6) is 0 Å². The van der Waals surface area contributed by atoms with E-state index in [4.69, 9.17) is 4.74 Å². The third kappa shape index (κ3) is 1.13. The molecule has 0 amide bonds. The van der Waals surface area contributed by atoms with Crippen LogP contribution in [-0.4, -0.2) is 12.1 Å². The molecule has 0 aromatic rings. The maximum Gasteiger partial charge on any atom is 0.302 e. The van der Waals surface area contributed by atoms with Gasteiger partial charge in [0.15, 0.2) is 0 Å². The van der Waals surface area contributed by atoms with Crippen molar-refractivity contribution >= 4 is 5.97 Å². The summed E-state index contributed by atoms with van der Waals surface area (Å²) in [6.07, 6.45) is 4.15. The van der Waals surface area contributed by atoms with E-state index in [1.807, 2.05) is 0 Å². The lowest BCUT2D eigenvalue weighted by atomic mass is 9.88. The maximum atomic E-state index is 10.8. The predicted octanol–water partition coefficient (Wildman–Crippen LogP) is 1.98. The van der Waals surface area contributed by atoms with Crippen LogP contribution in [-0.2, 0) is 9.53 Å². The van der Waals surface area contributed by atoms with E-state index in [9.17, 15) is 4.79 Å². The van der Waals surface area contributed by atoms with Gasteiger partial charge in [-0.15, -0.1) is 0 Å². The molecule has 0 spiro atoms. The molecule has 2 fully saturated rings. The number of rotatable bonds is 1. The average Bonchev–Trinajstić information content (AvgIpc) is 2.53. The van der Waals surface area contributed by atoms with Crippen molar-refractivity contribution < 1.29 is 9.53 Å². The molecule has 2 heteroatoms. The zero-order valence-electron chi connectivity index (χ0n) is 7.75. The number of esters is 1. The van der Waals surface area contributed by atoms with E-state index >= 15 is 0 Å². The van der Waals surface area contributed by atoms with E-state index in [-0.39, 0.29) is 12.1 Å². The fraction of sp³-hybridized carbons (Fsp3) is 0.900. The Morgan fingerprint density at radius 3 is 2.50 bits per heavy atom. The smallest absolute Gasteiger partial charge is 0.302 e. The minimum atomic E-state index is -0.112. The van der Waals surface area contributed by atoms with E-state index in [1.54, 1.807) is 0 Å². The van der Waals surface area contributed by atoms with E-state index in [0.29, 0.717) is 11.8 Å². The van der Waals surface area contributed by atoms with Crippen molar-refractivity contribution in [2.75, 3.05) is 0 Å². The first-order valence-electron chi connectivity index (χ1n) is 4.85. The molecule has 0 heterocycles. The van der Waals surface area contributed by atoms with Gasteiger partial charge < -0.3 is 4.74 Å². The molecule has 0 aromatic carbocycles. The Bertz CT molecular complexity index is 198. The van der Waals surface area contributed by atoms with Gasteiger partial charge in [0.05, 0.1) is 0 Å². The van der Waals surface area contributed by atoms with Crippen molar-refractivity contribution in [1.82, 2.24) is 0 Å². The van der Waals surface area contributed by atoms with Crippen molar-refractivity contribution in [1.29, 1.82) is 0 Å². The highest BCUT2D eigenvalue weighted by atomic mass is 16.5. The molecule has 2 rings (SSSR count). The Morgan fingerprint density at radius 1 is 1.33 bits per heavy atom. The van der Waals surface area contributed by atoms with E-state index in [0.717, 1.165) is 5.92 Å². The van der Waals surface area contributed by atoms with Crippen LogP contribution in [0.25, 0.3) is 0 Å². The van der Waals surface area contributed by atoms with Gasteiger partial charge in [0.25, 0.3) is 0 Å². The predicted molar refractivity (Wildman–Crippen MR) is 45.5 cm³/mol. The van der Waals surface area contributed by atoms with Crippen molar-refractivity contribution in [3.8, 4) is 0 Å². The van der Waals surface area contributed by atoms with Crippen molar-refractivity contribution in [3.63, 3.8) is 0 Å². The molecule has 2 aliphatic rings. The highest BCUT2D eigenvalue weighted by molar-refractivity contribution is 5.66. The van der Waals surface area contributed by atoms with Crippen LogP contribution in [0, 0.1) is 17.8 Å². The second-order valence-electron chi connectivity index (χ2n) is 4.27. The first kappa shape index (κ1) is 8.09. The molecule has 0 radical (unpaired) electrons. The molecule has 2 saturated carbocycles. The molecule has 68 valence electrons. The third-order valence-electron chi connectivity index (χ3n) is 3.54. The van der Waals surface area contributed by atoms with Gasteiger partial charge in [-0.05, 0) is 37.0 Å². The summed E-state index contributed by atoms with van der Waals surface area (Å²) in [5.74, 6) is 2.00. The third-order valence-corrected chi connectivity index (χ3v) is 3.54. The normalized spacial score (nSPS) is 44.8. The molecule has 2 aliphatic carbocycles. The van der Waals surface area contributed by atoms with E-state index < -0.39 is 0 Å². The van der Waals surface area contributed by atoms with Crippen LogP contribution >= 0.6 is 0 Å². The lowest BCUT2D eigenvalue weighted by Crippen LogP contribution is -2.29. The largest absolute Gasteiger partial charge is 0.462 e. The molecule has 2 nitrogen and oxygen atoms in total. The van der Waals surface area contributed by atoms with Gasteiger partial charge in [0, 0.05) is 6.92 Å². The van der Waals surface area contributed by atoms with Crippen LogP contribution < -0.4 is 0 Å². The molecule has 0 saturated heterocycles. The van der Waals surface area contributed by atoms with Crippen molar-refractivity contribution in [2.45, 2.75) is 39.2 Å². The Labute approximate surface area is 73.3 Å². The Balaban J connectivity index is 2.02. The van der Waals surface area contributed by atoms with E-state index in [1.165, 1.54) is 26.2 Å². The lowest BCUT2D eigenvalue weighted by Gasteiger charge is -2.27. The van der Waals surface area contributed by atoms with Gasteiger partial charge in [-0.3, -0.25) is 4.79 Å². The standard InChI is InChI=1S/C10H16O2/c1-6-8-3-4-9(5-8)10(6)12-7(2)11/h6,8-10H,3-5H2,1-2H3/t6-,8-,9+,10-/m0/s1. The zero-order chi connectivity index (χ0) is 8.72. The summed E-state index contributed by atoms with van der Waals surface area (Å²) in [5.41, 5.74) is 0. The summed E-state index contributed by atoms with van der Waals surface area (Å²) in [6, 6.07) is 0. The molecule has 2 bridgehead atoms. The van der Waals surface area contributed by atoms with Gasteiger partial charge in [-0.25, -0.2) is 0 Å². The number of hydrogen-bond donors (Lipinski definition) is 0. The number of hydrogen-bond acceptors (Lipinski definition) is 2. The molecule has 0 unspecified atom stereocenters. The minimum Gasteiger partial charge on any atom is -0.462 e. The molecule has 4 atom stereocenters. The van der Waals surface area contributed by atoms with Gasteiger partial charge in [-0.1, -0.05) is 6.92 Å². The number of ether oxygens (including phenoxy) is 1. The number of fused-ring (bicyclic) bond motifs is 2. The van der Waals surface area contributed by atoms with Crippen LogP contribution in [0.4, 0.5) is 0 Å². The van der Waals surface area contributed by atoms with E-state index in [2.05, 4.69) is 6.92 Å². The summed E-state index contributed by atoms with van der Waals surface area (Å²) in [5, 5.41) is 0. The van der Waals surface area contributed by atoms with Gasteiger partial charge in [-0.2, -0.15) is 0 Å². The van der Waals surface area contributed by atoms with Crippen LogP contribution in [0.3, 0.4) is 0 Å².